The number of hydrogen-bond acceptors (Lipinski definition) is 4. The number of ether oxygens (including phenoxy) is 2. The minimum atomic E-state index is -0.165. The van der Waals surface area contributed by atoms with Gasteiger partial charge in [-0.15, -0.1) is 0 Å². The summed E-state index contributed by atoms with van der Waals surface area (Å²) in [6, 6.07) is 4.55. The molecular formula is C17H28N2O2. The lowest BCUT2D eigenvalue weighted by Crippen LogP contribution is -2.49. The highest BCUT2D eigenvalue weighted by atomic mass is 16.5. The summed E-state index contributed by atoms with van der Waals surface area (Å²) < 4.78 is 11.5. The van der Waals surface area contributed by atoms with Crippen LogP contribution in [-0.2, 0) is 4.74 Å². The van der Waals surface area contributed by atoms with Gasteiger partial charge >= 0.3 is 0 Å². The topological polar surface area (TPSA) is 47.7 Å². The van der Waals surface area contributed by atoms with E-state index in [1.807, 2.05) is 6.07 Å². The van der Waals surface area contributed by atoms with Crippen molar-refractivity contribution in [3.8, 4) is 5.75 Å². The first-order valence-electron chi connectivity index (χ1n) is 7.70. The second-order valence-electron chi connectivity index (χ2n) is 6.22. The Morgan fingerprint density at radius 2 is 2.05 bits per heavy atom. The van der Waals surface area contributed by atoms with Crippen molar-refractivity contribution in [2.24, 2.45) is 5.73 Å². The summed E-state index contributed by atoms with van der Waals surface area (Å²) in [7, 11) is 1.70. The van der Waals surface area contributed by atoms with Crippen LogP contribution < -0.4 is 10.5 Å². The molecule has 4 nitrogen and oxygen atoms in total. The van der Waals surface area contributed by atoms with Gasteiger partial charge in [-0.3, -0.25) is 4.90 Å². The highest BCUT2D eigenvalue weighted by molar-refractivity contribution is 5.45. The molecule has 1 saturated heterocycles. The van der Waals surface area contributed by atoms with E-state index in [0.29, 0.717) is 6.04 Å². The van der Waals surface area contributed by atoms with Gasteiger partial charge in [-0.2, -0.15) is 0 Å². The van der Waals surface area contributed by atoms with Crippen molar-refractivity contribution in [3.05, 3.63) is 28.8 Å². The number of morpholine rings is 1. The van der Waals surface area contributed by atoms with Crippen molar-refractivity contribution in [1.29, 1.82) is 0 Å². The first-order chi connectivity index (χ1) is 9.93. The van der Waals surface area contributed by atoms with Gasteiger partial charge in [0, 0.05) is 24.7 Å². The van der Waals surface area contributed by atoms with E-state index in [9.17, 15) is 0 Å². The van der Waals surface area contributed by atoms with Crippen LogP contribution >= 0.6 is 0 Å². The zero-order valence-corrected chi connectivity index (χ0v) is 13.8. The molecular weight excluding hydrogens is 264 g/mol. The number of methoxy groups -OCH3 is 1. The summed E-state index contributed by atoms with van der Waals surface area (Å²) in [5.74, 6) is 0.866. The van der Waals surface area contributed by atoms with Crippen LogP contribution in [0.5, 0.6) is 5.75 Å². The lowest BCUT2D eigenvalue weighted by molar-refractivity contribution is -0.0505. The van der Waals surface area contributed by atoms with Gasteiger partial charge in [-0.05, 0) is 44.9 Å². The molecule has 1 heterocycles. The maximum atomic E-state index is 6.53. The fourth-order valence-electron chi connectivity index (χ4n) is 3.10. The average molecular weight is 292 g/mol. The van der Waals surface area contributed by atoms with Gasteiger partial charge < -0.3 is 15.2 Å². The lowest BCUT2D eigenvalue weighted by Gasteiger charge is -2.38. The molecule has 1 aliphatic heterocycles. The van der Waals surface area contributed by atoms with Crippen molar-refractivity contribution in [2.45, 2.75) is 45.9 Å². The van der Waals surface area contributed by atoms with Crippen LogP contribution in [0.4, 0.5) is 0 Å². The highest BCUT2D eigenvalue weighted by Crippen LogP contribution is 2.32. The number of benzene rings is 1. The van der Waals surface area contributed by atoms with E-state index < -0.39 is 0 Å². The highest BCUT2D eigenvalue weighted by Gasteiger charge is 2.30. The molecule has 1 aromatic rings. The fraction of sp³-hybridized carbons (Fsp3) is 0.647. The Kier molecular flexibility index (Phi) is 5.25. The molecule has 4 heteroatoms. The maximum Gasteiger partial charge on any atom is 0.124 e. The summed E-state index contributed by atoms with van der Waals surface area (Å²) in [6.45, 7) is 11.2. The Morgan fingerprint density at radius 3 is 2.67 bits per heavy atom. The van der Waals surface area contributed by atoms with Crippen LogP contribution in [0.25, 0.3) is 0 Å². The normalized spacial score (nSPS) is 21.6. The van der Waals surface area contributed by atoms with E-state index in [1.165, 1.54) is 11.1 Å². The largest absolute Gasteiger partial charge is 0.496 e. The smallest absolute Gasteiger partial charge is 0.124 e. The molecule has 2 N–H and O–H groups in total. The lowest BCUT2D eigenvalue weighted by atomic mass is 9.94. The van der Waals surface area contributed by atoms with Gasteiger partial charge in [-0.25, -0.2) is 0 Å². The Bertz CT molecular complexity index is 488. The van der Waals surface area contributed by atoms with Crippen LogP contribution in [0.15, 0.2) is 12.1 Å². The van der Waals surface area contributed by atoms with Gasteiger partial charge in [0.05, 0.1) is 25.9 Å². The minimum Gasteiger partial charge on any atom is -0.496 e. The molecule has 0 radical (unpaired) electrons. The van der Waals surface area contributed by atoms with Gasteiger partial charge in [-0.1, -0.05) is 6.07 Å². The number of nitrogens with two attached hydrogens (primary N) is 1. The van der Waals surface area contributed by atoms with E-state index in [0.717, 1.165) is 31.0 Å². The Labute approximate surface area is 128 Å². The quantitative estimate of drug-likeness (QED) is 0.926. The summed E-state index contributed by atoms with van der Waals surface area (Å²) in [5, 5.41) is 0. The third kappa shape index (κ3) is 3.57. The maximum absolute atomic E-state index is 6.53. The third-order valence-corrected chi connectivity index (χ3v) is 4.30. The molecule has 0 amide bonds. The second kappa shape index (κ2) is 6.77. The first-order valence-corrected chi connectivity index (χ1v) is 7.70. The van der Waals surface area contributed by atoms with Crippen LogP contribution in [0.3, 0.4) is 0 Å². The molecule has 1 aliphatic rings. The summed E-state index contributed by atoms with van der Waals surface area (Å²) in [4.78, 5) is 2.42. The van der Waals surface area contributed by atoms with Crippen LogP contribution in [0, 0.1) is 13.8 Å². The molecule has 1 aromatic carbocycles. The standard InChI is InChI=1S/C17H28N2O2/c1-11(2)19-6-7-21-15(10-19)17(18)16-13(4)8-12(3)9-14(16)20-5/h8-9,11,15,17H,6-7,10,18H2,1-5H3. The van der Waals surface area contributed by atoms with Gasteiger partial charge in [0.15, 0.2) is 0 Å². The SMILES string of the molecule is COc1cc(C)cc(C)c1C(N)C1CN(C(C)C)CCO1. The third-order valence-electron chi connectivity index (χ3n) is 4.30. The second-order valence-corrected chi connectivity index (χ2v) is 6.22. The van der Waals surface area contributed by atoms with E-state index in [1.54, 1.807) is 7.11 Å². The predicted octanol–water partition coefficient (Wildman–Crippen LogP) is 2.42. The van der Waals surface area contributed by atoms with Gasteiger partial charge in [0.1, 0.15) is 5.75 Å². The van der Waals surface area contributed by atoms with Gasteiger partial charge in [0.25, 0.3) is 0 Å². The zero-order chi connectivity index (χ0) is 15.6. The predicted molar refractivity (Wildman–Crippen MR) is 85.8 cm³/mol. The number of rotatable bonds is 4. The Balaban J connectivity index is 2.25. The molecule has 0 aliphatic carbocycles. The molecule has 2 unspecified atom stereocenters. The zero-order valence-electron chi connectivity index (χ0n) is 13.8. The van der Waals surface area contributed by atoms with Gasteiger partial charge in [0.2, 0.25) is 0 Å². The Hall–Kier alpha value is -1.10. The van der Waals surface area contributed by atoms with Crippen LogP contribution in [-0.4, -0.2) is 43.9 Å². The molecule has 0 bridgehead atoms. The van der Waals surface area contributed by atoms with Crippen LogP contribution in [0.1, 0.15) is 36.6 Å². The monoisotopic (exact) mass is 292 g/mol. The molecule has 118 valence electrons. The minimum absolute atomic E-state index is 0.0106. The fourth-order valence-corrected chi connectivity index (χ4v) is 3.10. The Morgan fingerprint density at radius 1 is 1.33 bits per heavy atom. The van der Waals surface area contributed by atoms with E-state index >= 15 is 0 Å². The van der Waals surface area contributed by atoms with Crippen molar-refractivity contribution < 1.29 is 9.47 Å². The summed E-state index contributed by atoms with van der Waals surface area (Å²) >= 11 is 0. The first kappa shape index (κ1) is 16.3. The molecule has 0 spiro atoms. The molecule has 2 atom stereocenters. The van der Waals surface area contributed by atoms with E-state index in [-0.39, 0.29) is 12.1 Å². The molecule has 1 fully saturated rings. The number of hydrogen-bond donors (Lipinski definition) is 1. The number of nitrogens with zero attached hydrogens (tertiary/aromatic N) is 1. The van der Waals surface area contributed by atoms with Crippen molar-refractivity contribution in [3.63, 3.8) is 0 Å². The molecule has 21 heavy (non-hydrogen) atoms. The molecule has 0 saturated carbocycles. The van der Waals surface area contributed by atoms with Crippen molar-refractivity contribution >= 4 is 0 Å². The summed E-state index contributed by atoms with van der Waals surface area (Å²) in [5.41, 5.74) is 9.96. The average Bonchev–Trinajstić information content (AvgIpc) is 2.45. The van der Waals surface area contributed by atoms with Crippen molar-refractivity contribution in [2.75, 3.05) is 26.8 Å². The molecule has 2 rings (SSSR count). The van der Waals surface area contributed by atoms with Crippen LogP contribution in [0.2, 0.25) is 0 Å². The van der Waals surface area contributed by atoms with E-state index in [2.05, 4.69) is 38.7 Å². The van der Waals surface area contributed by atoms with E-state index in [4.69, 9.17) is 15.2 Å². The molecule has 0 aromatic heterocycles. The number of aryl methyl sites for hydroxylation is 2. The summed E-state index contributed by atoms with van der Waals surface area (Å²) in [6.07, 6.45) is 0.0106. The van der Waals surface area contributed by atoms with Crippen molar-refractivity contribution in [1.82, 2.24) is 4.90 Å².